The minimum Gasteiger partial charge on any atom is -0.300 e. The maximum atomic E-state index is 14.5. The lowest BCUT2D eigenvalue weighted by atomic mass is 9.93. The minimum absolute atomic E-state index is 0.221. The van der Waals surface area contributed by atoms with E-state index in [0.29, 0.717) is 22.2 Å². The van der Waals surface area contributed by atoms with Crippen molar-refractivity contribution in [2.24, 2.45) is 0 Å². The number of carbonyl (C=O) groups is 1. The predicted octanol–water partition coefficient (Wildman–Crippen LogP) is 4.14. The fourth-order valence-electron chi connectivity index (χ4n) is 2.88. The Bertz CT molecular complexity index is 1150. The summed E-state index contributed by atoms with van der Waals surface area (Å²) in [5.41, 5.74) is 3.00. The van der Waals surface area contributed by atoms with Crippen LogP contribution < -0.4 is 5.32 Å². The number of nitrogens with zero attached hydrogens (tertiary/aromatic N) is 1. The van der Waals surface area contributed by atoms with Gasteiger partial charge in [0.15, 0.2) is 5.84 Å². The van der Waals surface area contributed by atoms with E-state index in [2.05, 4.69) is 10.3 Å². The van der Waals surface area contributed by atoms with E-state index in [-0.39, 0.29) is 17.0 Å². The molecular weight excluding hydrogens is 348 g/mol. The number of pyridine rings is 1. The third-order valence-corrected chi connectivity index (χ3v) is 4.32. The second-order valence-electron chi connectivity index (χ2n) is 6.03. The van der Waals surface area contributed by atoms with E-state index in [1.807, 2.05) is 5.92 Å². The van der Waals surface area contributed by atoms with E-state index >= 15 is 0 Å². The van der Waals surface area contributed by atoms with Crippen LogP contribution in [0.2, 0.25) is 0 Å². The lowest BCUT2D eigenvalue weighted by Crippen LogP contribution is -2.28. The number of benzene rings is 2. The highest BCUT2D eigenvalue weighted by molar-refractivity contribution is 6.12. The Morgan fingerprint density at radius 3 is 2.59 bits per heavy atom. The number of aromatic nitrogens is 1. The summed E-state index contributed by atoms with van der Waals surface area (Å²) in [7, 11) is 0. The van der Waals surface area contributed by atoms with Crippen molar-refractivity contribution in [3.63, 3.8) is 0 Å². The van der Waals surface area contributed by atoms with Crippen LogP contribution in [0, 0.1) is 43.2 Å². The van der Waals surface area contributed by atoms with E-state index in [1.165, 1.54) is 12.1 Å². The number of amidine groups is 1. The number of hydrogen-bond donors (Lipinski definition) is 2. The van der Waals surface area contributed by atoms with Gasteiger partial charge >= 0.3 is 0 Å². The molecular formula is C21H15F2N3O. The second-order valence-corrected chi connectivity index (χ2v) is 6.03. The first-order valence-corrected chi connectivity index (χ1v) is 8.04. The molecule has 6 heteroatoms. The predicted molar refractivity (Wildman–Crippen MR) is 101 cm³/mol. The molecule has 1 amide bonds. The molecule has 1 heterocycles. The summed E-state index contributed by atoms with van der Waals surface area (Å²) in [5.74, 6) is -0.257. The summed E-state index contributed by atoms with van der Waals surface area (Å²) < 4.78 is 27.8. The Morgan fingerprint density at radius 1 is 1.19 bits per heavy atom. The zero-order chi connectivity index (χ0) is 19.7. The van der Waals surface area contributed by atoms with Crippen LogP contribution in [0.1, 0.15) is 21.6 Å². The van der Waals surface area contributed by atoms with Gasteiger partial charge < -0.3 is 0 Å². The molecule has 1 aromatic heterocycles. The molecule has 0 aliphatic heterocycles. The van der Waals surface area contributed by atoms with Crippen LogP contribution in [0.5, 0.6) is 0 Å². The molecule has 0 atom stereocenters. The Hall–Kier alpha value is -3.59. The van der Waals surface area contributed by atoms with Gasteiger partial charge in [-0.3, -0.25) is 20.5 Å². The molecule has 0 fully saturated rings. The first-order chi connectivity index (χ1) is 12.8. The number of halogens is 2. The number of aryl methyl sites for hydroxylation is 1. The van der Waals surface area contributed by atoms with E-state index in [0.717, 1.165) is 11.6 Å². The first kappa shape index (κ1) is 18.2. The average Bonchev–Trinajstić information content (AvgIpc) is 2.63. The Kier molecular flexibility index (Phi) is 4.70. The molecule has 3 aromatic rings. The van der Waals surface area contributed by atoms with Gasteiger partial charge in [-0.05, 0) is 61.2 Å². The summed E-state index contributed by atoms with van der Waals surface area (Å²) in [6.45, 7) is 3.59. The maximum Gasteiger partial charge on any atom is 0.257 e. The van der Waals surface area contributed by atoms with Crippen LogP contribution in [0.25, 0.3) is 22.0 Å². The number of hydrogen-bond acceptors (Lipinski definition) is 3. The Labute approximate surface area is 154 Å². The van der Waals surface area contributed by atoms with Crippen molar-refractivity contribution in [1.82, 2.24) is 10.3 Å². The summed E-state index contributed by atoms with van der Waals surface area (Å²) in [6.07, 6.45) is 5.08. The number of nitrogens with one attached hydrogen (secondary N) is 2. The third kappa shape index (κ3) is 3.40. The normalized spacial score (nSPS) is 10.5. The summed E-state index contributed by atoms with van der Waals surface area (Å²) in [4.78, 5) is 16.8. The van der Waals surface area contributed by atoms with Crippen LogP contribution >= 0.6 is 0 Å². The third-order valence-electron chi connectivity index (χ3n) is 4.32. The number of terminal acetylenes is 1. The topological polar surface area (TPSA) is 65.8 Å². The van der Waals surface area contributed by atoms with Crippen molar-refractivity contribution >= 4 is 22.6 Å². The lowest BCUT2D eigenvalue weighted by molar-refractivity contribution is 0.0977. The largest absolute Gasteiger partial charge is 0.300 e. The van der Waals surface area contributed by atoms with Crippen LogP contribution in [-0.2, 0) is 0 Å². The van der Waals surface area contributed by atoms with Crippen LogP contribution in [0.3, 0.4) is 0 Å². The summed E-state index contributed by atoms with van der Waals surface area (Å²) in [6, 6.07) is 8.12. The van der Waals surface area contributed by atoms with Gasteiger partial charge in [0.25, 0.3) is 5.91 Å². The first-order valence-electron chi connectivity index (χ1n) is 8.04. The van der Waals surface area contributed by atoms with Gasteiger partial charge in [0.1, 0.15) is 11.6 Å². The van der Waals surface area contributed by atoms with Gasteiger partial charge in [0, 0.05) is 28.3 Å². The molecule has 0 aliphatic rings. The molecule has 134 valence electrons. The van der Waals surface area contributed by atoms with Gasteiger partial charge in [-0.15, -0.1) is 6.42 Å². The van der Waals surface area contributed by atoms with Crippen LogP contribution in [0.15, 0.2) is 36.4 Å². The van der Waals surface area contributed by atoms with Crippen molar-refractivity contribution in [3.05, 3.63) is 64.9 Å². The molecule has 0 saturated heterocycles. The van der Waals surface area contributed by atoms with E-state index < -0.39 is 17.5 Å². The van der Waals surface area contributed by atoms with E-state index in [1.54, 1.807) is 32.0 Å². The smallest absolute Gasteiger partial charge is 0.257 e. The summed E-state index contributed by atoms with van der Waals surface area (Å²) >= 11 is 0. The van der Waals surface area contributed by atoms with Crippen molar-refractivity contribution in [2.75, 3.05) is 0 Å². The zero-order valence-corrected chi connectivity index (χ0v) is 14.7. The Morgan fingerprint density at radius 2 is 1.93 bits per heavy atom. The molecule has 3 rings (SSSR count). The van der Waals surface area contributed by atoms with E-state index in [4.69, 9.17) is 11.8 Å². The van der Waals surface area contributed by atoms with Gasteiger partial charge in [-0.1, -0.05) is 0 Å². The zero-order valence-electron chi connectivity index (χ0n) is 14.7. The lowest BCUT2D eigenvalue weighted by Gasteiger charge is -2.14. The molecule has 27 heavy (non-hydrogen) atoms. The summed E-state index contributed by atoms with van der Waals surface area (Å²) in [5, 5.41) is 10.2. The SMILES string of the molecule is C#CC(=N)NC(=O)c1ccc2nc(C)c(C)c(-c3ccc(F)cc3F)c2c1. The van der Waals surface area contributed by atoms with Crippen molar-refractivity contribution in [2.45, 2.75) is 13.8 Å². The molecule has 2 aromatic carbocycles. The Balaban J connectivity index is 2.26. The van der Waals surface area contributed by atoms with Crippen molar-refractivity contribution < 1.29 is 13.6 Å². The highest BCUT2D eigenvalue weighted by Gasteiger charge is 2.17. The molecule has 0 unspecified atom stereocenters. The van der Waals surface area contributed by atoms with Crippen LogP contribution in [-0.4, -0.2) is 16.7 Å². The van der Waals surface area contributed by atoms with Crippen molar-refractivity contribution in [3.8, 4) is 23.5 Å². The minimum atomic E-state index is -0.700. The fraction of sp³-hybridized carbons (Fsp3) is 0.0952. The number of amides is 1. The van der Waals surface area contributed by atoms with Crippen molar-refractivity contribution in [1.29, 1.82) is 5.41 Å². The number of fused-ring (bicyclic) bond motifs is 1. The van der Waals surface area contributed by atoms with Crippen LogP contribution in [0.4, 0.5) is 8.78 Å². The van der Waals surface area contributed by atoms with Gasteiger partial charge in [-0.25, -0.2) is 8.78 Å². The molecule has 2 N–H and O–H groups in total. The van der Waals surface area contributed by atoms with Gasteiger partial charge in [0.05, 0.1) is 5.52 Å². The quantitative estimate of drug-likeness (QED) is 0.408. The molecule has 0 saturated carbocycles. The second kappa shape index (κ2) is 6.96. The van der Waals surface area contributed by atoms with E-state index in [9.17, 15) is 13.6 Å². The monoisotopic (exact) mass is 363 g/mol. The van der Waals surface area contributed by atoms with Gasteiger partial charge in [-0.2, -0.15) is 0 Å². The molecule has 0 spiro atoms. The highest BCUT2D eigenvalue weighted by Crippen LogP contribution is 2.34. The number of carbonyl (C=O) groups excluding carboxylic acids is 1. The number of rotatable bonds is 2. The standard InChI is InChI=1S/C21H15F2N3O/c1-4-19(24)26-21(27)13-5-8-18-16(9-13)20(11(2)12(3)25-18)15-7-6-14(22)10-17(15)23/h1,5-10H,2-3H3,(H2,24,26,27). The maximum absolute atomic E-state index is 14.5. The molecule has 0 radical (unpaired) electrons. The molecule has 4 nitrogen and oxygen atoms in total. The fourth-order valence-corrected chi connectivity index (χ4v) is 2.88. The average molecular weight is 363 g/mol. The highest BCUT2D eigenvalue weighted by atomic mass is 19.1. The van der Waals surface area contributed by atoms with Gasteiger partial charge in [0.2, 0.25) is 0 Å². The molecule has 0 aliphatic carbocycles. The molecule has 0 bridgehead atoms.